The first-order valence-electron chi connectivity index (χ1n) is 9.97. The minimum atomic E-state index is -4.13. The summed E-state index contributed by atoms with van der Waals surface area (Å²) in [6.07, 6.45) is 1.55. The number of pyridine rings is 1. The molecule has 0 aliphatic carbocycles. The highest BCUT2D eigenvalue weighted by molar-refractivity contribution is 5.76. The van der Waals surface area contributed by atoms with Gasteiger partial charge < -0.3 is 10.1 Å². The number of carbonyl (C=O) groups excluding carboxylic acids is 1. The zero-order valence-electron chi connectivity index (χ0n) is 15.8. The highest BCUT2D eigenvalue weighted by atomic mass is 19.4. The summed E-state index contributed by atoms with van der Waals surface area (Å²) in [5.74, 6) is 0.387. The van der Waals surface area contributed by atoms with Gasteiger partial charge in [-0.05, 0) is 30.9 Å². The van der Waals surface area contributed by atoms with Crippen LogP contribution in [0.5, 0.6) is 0 Å². The van der Waals surface area contributed by atoms with Crippen LogP contribution in [0.3, 0.4) is 0 Å². The van der Waals surface area contributed by atoms with Crippen LogP contribution in [-0.2, 0) is 16.0 Å². The van der Waals surface area contributed by atoms with Crippen molar-refractivity contribution in [2.24, 2.45) is 11.8 Å². The number of carbonyl (C=O) groups is 1. The fourth-order valence-corrected chi connectivity index (χ4v) is 5.14. The molecule has 8 heteroatoms. The highest BCUT2D eigenvalue weighted by Crippen LogP contribution is 2.54. The van der Waals surface area contributed by atoms with Crippen LogP contribution in [0.25, 0.3) is 0 Å². The summed E-state index contributed by atoms with van der Waals surface area (Å²) in [5.41, 5.74) is 0.720. The van der Waals surface area contributed by atoms with Crippen LogP contribution in [-0.4, -0.2) is 59.9 Å². The zero-order chi connectivity index (χ0) is 19.8. The minimum absolute atomic E-state index is 0.00685. The molecule has 1 amide bonds. The fourth-order valence-electron chi connectivity index (χ4n) is 5.14. The molecule has 4 rings (SSSR count). The number of hydrogen-bond acceptors (Lipinski definition) is 4. The summed E-state index contributed by atoms with van der Waals surface area (Å²) in [7, 11) is 0. The Labute approximate surface area is 162 Å². The second-order valence-electron chi connectivity index (χ2n) is 8.30. The quantitative estimate of drug-likeness (QED) is 0.769. The molecule has 0 aromatic carbocycles. The molecule has 1 aromatic heterocycles. The molecule has 0 unspecified atom stereocenters. The molecule has 4 atom stereocenters. The standard InChI is InChI=1S/C20H26F3N3O2/c21-20(22,23)7-9-26-12-16-15(17-5-6-19(16,13-26)28-17)11-25-18(27)4-3-14-2-1-8-24-10-14/h1-2,8,10,15-17H,3-7,9,11-13H2,(H,25,27)/t15-,16+,17+,19+/m0/s1. The van der Waals surface area contributed by atoms with E-state index in [1.54, 1.807) is 12.4 Å². The van der Waals surface area contributed by atoms with Crippen LogP contribution in [0, 0.1) is 11.8 Å². The lowest BCUT2D eigenvalue weighted by Gasteiger charge is -2.29. The Bertz CT molecular complexity index is 700. The van der Waals surface area contributed by atoms with E-state index >= 15 is 0 Å². The average Bonchev–Trinajstić information content (AvgIpc) is 3.31. The number of aryl methyl sites for hydroxylation is 1. The number of aromatic nitrogens is 1. The van der Waals surface area contributed by atoms with Crippen molar-refractivity contribution in [1.82, 2.24) is 15.2 Å². The molecule has 1 spiro atoms. The molecule has 154 valence electrons. The van der Waals surface area contributed by atoms with Crippen molar-refractivity contribution in [2.75, 3.05) is 26.2 Å². The molecule has 3 aliphatic rings. The molecule has 4 heterocycles. The molecule has 5 nitrogen and oxygen atoms in total. The van der Waals surface area contributed by atoms with Crippen molar-refractivity contribution in [3.05, 3.63) is 30.1 Å². The highest BCUT2D eigenvalue weighted by Gasteiger charge is 2.62. The van der Waals surface area contributed by atoms with Gasteiger partial charge in [-0.3, -0.25) is 14.7 Å². The molecule has 2 bridgehead atoms. The number of amides is 1. The first kappa shape index (κ1) is 19.6. The minimum Gasteiger partial charge on any atom is -0.370 e. The topological polar surface area (TPSA) is 54.5 Å². The molecule has 1 aromatic rings. The first-order valence-corrected chi connectivity index (χ1v) is 9.97. The number of hydrogen-bond donors (Lipinski definition) is 1. The normalized spacial score (nSPS) is 31.9. The van der Waals surface area contributed by atoms with Gasteiger partial charge in [-0.2, -0.15) is 13.2 Å². The lowest BCUT2D eigenvalue weighted by Crippen LogP contribution is -2.41. The Morgan fingerprint density at radius 1 is 1.43 bits per heavy atom. The van der Waals surface area contributed by atoms with Crippen LogP contribution < -0.4 is 5.32 Å². The molecule has 0 radical (unpaired) electrons. The largest absolute Gasteiger partial charge is 0.390 e. The average molecular weight is 397 g/mol. The molecule has 3 fully saturated rings. The third-order valence-electron chi connectivity index (χ3n) is 6.46. The Morgan fingerprint density at radius 3 is 3.04 bits per heavy atom. The van der Waals surface area contributed by atoms with Crippen LogP contribution >= 0.6 is 0 Å². The Morgan fingerprint density at radius 2 is 2.29 bits per heavy atom. The summed E-state index contributed by atoms with van der Waals surface area (Å²) in [6, 6.07) is 3.80. The lowest BCUT2D eigenvalue weighted by molar-refractivity contribution is -0.138. The van der Waals surface area contributed by atoms with Crippen molar-refractivity contribution in [1.29, 1.82) is 0 Å². The van der Waals surface area contributed by atoms with Crippen molar-refractivity contribution < 1.29 is 22.7 Å². The maximum atomic E-state index is 12.6. The molecular weight excluding hydrogens is 371 g/mol. The van der Waals surface area contributed by atoms with E-state index in [-0.39, 0.29) is 36.0 Å². The molecular formula is C20H26F3N3O2. The van der Waals surface area contributed by atoms with E-state index in [9.17, 15) is 18.0 Å². The van der Waals surface area contributed by atoms with E-state index in [0.29, 0.717) is 32.5 Å². The summed E-state index contributed by atoms with van der Waals surface area (Å²) < 4.78 is 43.9. The van der Waals surface area contributed by atoms with Crippen LogP contribution in [0.1, 0.15) is 31.2 Å². The Balaban J connectivity index is 1.28. The molecule has 0 saturated carbocycles. The predicted molar refractivity (Wildman–Crippen MR) is 96.5 cm³/mol. The number of nitrogens with one attached hydrogen (secondary N) is 1. The van der Waals surface area contributed by atoms with Gasteiger partial charge in [0, 0.05) is 56.8 Å². The van der Waals surface area contributed by atoms with E-state index in [1.807, 2.05) is 17.0 Å². The SMILES string of the molecule is O=C(CCc1cccnc1)NC[C@H]1[C@H]2CN(CCC(F)(F)F)C[C@]23CC[C@H]1O3. The van der Waals surface area contributed by atoms with Gasteiger partial charge in [-0.15, -0.1) is 0 Å². The first-order chi connectivity index (χ1) is 13.3. The summed E-state index contributed by atoms with van der Waals surface area (Å²) in [5, 5.41) is 3.02. The molecule has 1 N–H and O–H groups in total. The van der Waals surface area contributed by atoms with Gasteiger partial charge in [0.2, 0.25) is 5.91 Å². The number of halogens is 3. The Hall–Kier alpha value is -1.67. The summed E-state index contributed by atoms with van der Waals surface area (Å²) >= 11 is 0. The maximum Gasteiger partial charge on any atom is 0.390 e. The monoisotopic (exact) mass is 397 g/mol. The predicted octanol–water partition coefficient (Wildman–Crippen LogP) is 2.56. The molecule has 3 saturated heterocycles. The van der Waals surface area contributed by atoms with Gasteiger partial charge in [0.05, 0.1) is 18.1 Å². The van der Waals surface area contributed by atoms with Gasteiger partial charge in [0.1, 0.15) is 0 Å². The van der Waals surface area contributed by atoms with Crippen molar-refractivity contribution in [2.45, 2.75) is 50.0 Å². The van der Waals surface area contributed by atoms with Crippen molar-refractivity contribution in [3.8, 4) is 0 Å². The van der Waals surface area contributed by atoms with E-state index in [0.717, 1.165) is 18.4 Å². The van der Waals surface area contributed by atoms with Gasteiger partial charge in [-0.1, -0.05) is 6.07 Å². The van der Waals surface area contributed by atoms with E-state index in [2.05, 4.69) is 10.3 Å². The molecule has 28 heavy (non-hydrogen) atoms. The van der Waals surface area contributed by atoms with E-state index in [4.69, 9.17) is 4.74 Å². The van der Waals surface area contributed by atoms with Crippen LogP contribution in [0.4, 0.5) is 13.2 Å². The van der Waals surface area contributed by atoms with Gasteiger partial charge in [-0.25, -0.2) is 0 Å². The summed E-state index contributed by atoms with van der Waals surface area (Å²) in [4.78, 5) is 18.2. The number of alkyl halides is 3. The Kier molecular flexibility index (Phi) is 5.35. The number of fused-ring (bicyclic) bond motifs is 1. The van der Waals surface area contributed by atoms with Crippen LogP contribution in [0.2, 0.25) is 0 Å². The van der Waals surface area contributed by atoms with Crippen molar-refractivity contribution in [3.63, 3.8) is 0 Å². The van der Waals surface area contributed by atoms with Crippen molar-refractivity contribution >= 4 is 5.91 Å². The third kappa shape index (κ3) is 4.17. The smallest absolute Gasteiger partial charge is 0.370 e. The fraction of sp³-hybridized carbons (Fsp3) is 0.700. The summed E-state index contributed by atoms with van der Waals surface area (Å²) in [6.45, 7) is 1.77. The van der Waals surface area contributed by atoms with Crippen LogP contribution in [0.15, 0.2) is 24.5 Å². The lowest BCUT2D eigenvalue weighted by atomic mass is 9.73. The maximum absolute atomic E-state index is 12.6. The number of nitrogens with zero attached hydrogens (tertiary/aromatic N) is 2. The zero-order valence-corrected chi connectivity index (χ0v) is 15.8. The van der Waals surface area contributed by atoms with Gasteiger partial charge in [0.25, 0.3) is 0 Å². The molecule has 3 aliphatic heterocycles. The second kappa shape index (κ2) is 7.63. The van der Waals surface area contributed by atoms with E-state index in [1.165, 1.54) is 0 Å². The van der Waals surface area contributed by atoms with Gasteiger partial charge >= 0.3 is 6.18 Å². The number of rotatable bonds is 7. The van der Waals surface area contributed by atoms with Gasteiger partial charge in [0.15, 0.2) is 0 Å². The third-order valence-corrected chi connectivity index (χ3v) is 6.46. The number of likely N-dealkylation sites (tertiary alicyclic amines) is 1. The second-order valence-corrected chi connectivity index (χ2v) is 8.30. The number of ether oxygens (including phenoxy) is 1. The van der Waals surface area contributed by atoms with E-state index < -0.39 is 12.6 Å².